The van der Waals surface area contributed by atoms with E-state index in [0.717, 1.165) is 32.1 Å². The first-order chi connectivity index (χ1) is 18.9. The quantitative estimate of drug-likeness (QED) is 0.293. The predicted octanol–water partition coefficient (Wildman–Crippen LogP) is 4.07. The highest BCUT2D eigenvalue weighted by molar-refractivity contribution is 6.01. The number of rotatable bonds is 8. The first-order valence-electron chi connectivity index (χ1n) is 13.0. The van der Waals surface area contributed by atoms with Gasteiger partial charge in [-0.15, -0.1) is 5.10 Å². The van der Waals surface area contributed by atoms with Crippen molar-refractivity contribution in [1.29, 1.82) is 0 Å². The molecule has 1 aliphatic carbocycles. The number of nitrogens with one attached hydrogen (secondary N) is 1. The van der Waals surface area contributed by atoms with Gasteiger partial charge in [0.2, 0.25) is 11.8 Å². The number of fused-ring (bicyclic) bond motifs is 1. The number of aromatic nitrogens is 3. The molecule has 0 saturated heterocycles. The van der Waals surface area contributed by atoms with E-state index < -0.39 is 11.9 Å². The standard InChI is InChI=1S/C29H31N5O5/c1-39-22-14-12-21(13-15-22)34(27(37)18-33-24-10-6-5-9-23(24)31-32-33)28(19-11-16-25(35)26(36)17-19)29(38)30-20-7-3-2-4-8-20/h5-6,9-17,20,28,35-36H,2-4,7-8,18H2,1H3,(H,30,38)/t28-/m1/s1. The summed E-state index contributed by atoms with van der Waals surface area (Å²) in [6, 6.07) is 17.2. The number of para-hydroxylation sites is 1. The second-order valence-corrected chi connectivity index (χ2v) is 9.69. The minimum absolute atomic E-state index is 0.00783. The molecule has 39 heavy (non-hydrogen) atoms. The van der Waals surface area contributed by atoms with Gasteiger partial charge in [0.05, 0.1) is 12.6 Å². The van der Waals surface area contributed by atoms with Gasteiger partial charge in [0.1, 0.15) is 23.9 Å². The number of phenolic OH excluding ortho intramolecular Hbond substituents is 2. The third-order valence-corrected chi connectivity index (χ3v) is 7.10. The summed E-state index contributed by atoms with van der Waals surface area (Å²) >= 11 is 0. The maximum Gasteiger partial charge on any atom is 0.249 e. The van der Waals surface area contributed by atoms with E-state index in [1.54, 1.807) is 31.4 Å². The lowest BCUT2D eigenvalue weighted by Crippen LogP contribution is -2.48. The topological polar surface area (TPSA) is 130 Å². The summed E-state index contributed by atoms with van der Waals surface area (Å²) < 4.78 is 6.80. The number of hydrogen-bond donors (Lipinski definition) is 3. The van der Waals surface area contributed by atoms with Gasteiger partial charge in [0.25, 0.3) is 0 Å². The zero-order valence-corrected chi connectivity index (χ0v) is 21.7. The Hall–Kier alpha value is -4.60. The Kier molecular flexibility index (Phi) is 7.62. The third kappa shape index (κ3) is 5.64. The Morgan fingerprint density at radius 3 is 2.49 bits per heavy atom. The molecule has 202 valence electrons. The molecule has 5 rings (SSSR count). The van der Waals surface area contributed by atoms with Crippen LogP contribution >= 0.6 is 0 Å². The fourth-order valence-electron chi connectivity index (χ4n) is 5.07. The van der Waals surface area contributed by atoms with Crippen LogP contribution in [0.5, 0.6) is 17.2 Å². The van der Waals surface area contributed by atoms with Crippen LogP contribution in [0.15, 0.2) is 66.7 Å². The van der Waals surface area contributed by atoms with E-state index in [4.69, 9.17) is 4.74 Å². The smallest absolute Gasteiger partial charge is 0.249 e. The molecule has 10 heteroatoms. The molecule has 1 aromatic heterocycles. The molecule has 1 heterocycles. The number of amides is 2. The Balaban J connectivity index is 1.58. The molecule has 1 aliphatic rings. The van der Waals surface area contributed by atoms with Crippen molar-refractivity contribution in [2.75, 3.05) is 12.0 Å². The van der Waals surface area contributed by atoms with Crippen LogP contribution in [0.3, 0.4) is 0 Å². The highest BCUT2D eigenvalue weighted by atomic mass is 16.5. The molecule has 0 aliphatic heterocycles. The minimum atomic E-state index is -1.13. The maximum atomic E-state index is 14.1. The van der Waals surface area contributed by atoms with Gasteiger partial charge in [-0.3, -0.25) is 14.5 Å². The summed E-state index contributed by atoms with van der Waals surface area (Å²) in [5, 5.41) is 31.7. The van der Waals surface area contributed by atoms with Crippen LogP contribution in [0.4, 0.5) is 5.69 Å². The molecule has 0 bridgehead atoms. The van der Waals surface area contributed by atoms with Crippen molar-refractivity contribution in [2.24, 2.45) is 0 Å². The Bertz CT molecular complexity index is 1460. The molecule has 1 fully saturated rings. The normalized spacial score (nSPS) is 14.6. The van der Waals surface area contributed by atoms with Gasteiger partial charge < -0.3 is 20.3 Å². The molecule has 0 radical (unpaired) electrons. The maximum absolute atomic E-state index is 14.1. The summed E-state index contributed by atoms with van der Waals surface area (Å²) in [5.41, 5.74) is 2.15. The van der Waals surface area contributed by atoms with E-state index in [-0.39, 0.29) is 30.0 Å². The van der Waals surface area contributed by atoms with Gasteiger partial charge in [0, 0.05) is 11.7 Å². The van der Waals surface area contributed by atoms with E-state index in [9.17, 15) is 19.8 Å². The Morgan fingerprint density at radius 1 is 1.03 bits per heavy atom. The van der Waals surface area contributed by atoms with E-state index in [0.29, 0.717) is 28.0 Å². The van der Waals surface area contributed by atoms with Crippen molar-refractivity contribution in [3.63, 3.8) is 0 Å². The lowest BCUT2D eigenvalue weighted by atomic mass is 9.94. The number of ether oxygens (including phenoxy) is 1. The number of hydrogen-bond acceptors (Lipinski definition) is 7. The molecule has 0 unspecified atom stereocenters. The molecule has 3 N–H and O–H groups in total. The zero-order valence-electron chi connectivity index (χ0n) is 21.7. The average molecular weight is 530 g/mol. The third-order valence-electron chi connectivity index (χ3n) is 7.10. The Labute approximate surface area is 225 Å². The van der Waals surface area contributed by atoms with Crippen LogP contribution in [0, 0.1) is 0 Å². The number of phenols is 2. The van der Waals surface area contributed by atoms with Gasteiger partial charge in [-0.2, -0.15) is 0 Å². The number of carbonyl (C=O) groups is 2. The number of methoxy groups -OCH3 is 1. The van der Waals surface area contributed by atoms with Crippen molar-refractivity contribution >= 4 is 28.5 Å². The lowest BCUT2D eigenvalue weighted by Gasteiger charge is -2.33. The molecule has 3 aromatic carbocycles. The molecule has 2 amide bonds. The second-order valence-electron chi connectivity index (χ2n) is 9.69. The number of carbonyl (C=O) groups excluding carboxylic acids is 2. The van der Waals surface area contributed by atoms with E-state index in [1.807, 2.05) is 24.3 Å². The average Bonchev–Trinajstić information content (AvgIpc) is 3.36. The van der Waals surface area contributed by atoms with Crippen LogP contribution in [0.25, 0.3) is 11.0 Å². The van der Waals surface area contributed by atoms with Crippen LogP contribution in [0.2, 0.25) is 0 Å². The molecule has 1 saturated carbocycles. The summed E-state index contributed by atoms with van der Waals surface area (Å²) in [7, 11) is 1.55. The Morgan fingerprint density at radius 2 is 1.77 bits per heavy atom. The van der Waals surface area contributed by atoms with Crippen molar-refractivity contribution in [1.82, 2.24) is 20.3 Å². The van der Waals surface area contributed by atoms with Crippen LogP contribution in [-0.2, 0) is 16.1 Å². The van der Waals surface area contributed by atoms with Crippen LogP contribution in [-0.4, -0.2) is 50.2 Å². The van der Waals surface area contributed by atoms with Crippen LogP contribution < -0.4 is 15.0 Å². The van der Waals surface area contributed by atoms with E-state index >= 15 is 0 Å². The largest absolute Gasteiger partial charge is 0.504 e. The summed E-state index contributed by atoms with van der Waals surface area (Å²) in [4.78, 5) is 29.4. The summed E-state index contributed by atoms with van der Waals surface area (Å²) in [5.74, 6) is -0.889. The molecular formula is C29H31N5O5. The van der Waals surface area contributed by atoms with Gasteiger partial charge in [-0.1, -0.05) is 42.7 Å². The molecule has 10 nitrogen and oxygen atoms in total. The monoisotopic (exact) mass is 529 g/mol. The highest BCUT2D eigenvalue weighted by Gasteiger charge is 2.35. The highest BCUT2D eigenvalue weighted by Crippen LogP contribution is 2.34. The lowest BCUT2D eigenvalue weighted by molar-refractivity contribution is -0.127. The van der Waals surface area contributed by atoms with E-state index in [2.05, 4.69) is 15.6 Å². The summed E-state index contributed by atoms with van der Waals surface area (Å²) in [6.45, 7) is -0.177. The van der Waals surface area contributed by atoms with Crippen molar-refractivity contribution in [3.05, 3.63) is 72.3 Å². The van der Waals surface area contributed by atoms with Crippen molar-refractivity contribution in [3.8, 4) is 17.2 Å². The summed E-state index contributed by atoms with van der Waals surface area (Å²) in [6.07, 6.45) is 4.90. The van der Waals surface area contributed by atoms with Gasteiger partial charge in [0.15, 0.2) is 11.5 Å². The minimum Gasteiger partial charge on any atom is -0.504 e. The van der Waals surface area contributed by atoms with Crippen LogP contribution in [0.1, 0.15) is 43.7 Å². The predicted molar refractivity (Wildman–Crippen MR) is 146 cm³/mol. The first-order valence-corrected chi connectivity index (χ1v) is 13.0. The van der Waals surface area contributed by atoms with Gasteiger partial charge in [-0.05, 0) is 66.9 Å². The van der Waals surface area contributed by atoms with E-state index in [1.165, 1.54) is 27.8 Å². The molecular weight excluding hydrogens is 498 g/mol. The number of anilines is 1. The fourth-order valence-corrected chi connectivity index (χ4v) is 5.07. The number of benzene rings is 3. The first kappa shape index (κ1) is 26.0. The van der Waals surface area contributed by atoms with Crippen molar-refractivity contribution < 1.29 is 24.5 Å². The molecule has 1 atom stereocenters. The molecule has 4 aromatic rings. The van der Waals surface area contributed by atoms with Gasteiger partial charge >= 0.3 is 0 Å². The van der Waals surface area contributed by atoms with Gasteiger partial charge in [-0.25, -0.2) is 4.68 Å². The van der Waals surface area contributed by atoms with Crippen molar-refractivity contribution in [2.45, 2.75) is 50.7 Å². The number of aromatic hydroxyl groups is 2. The molecule has 0 spiro atoms. The zero-order chi connectivity index (χ0) is 27.4. The SMILES string of the molecule is COc1ccc(N(C(=O)Cn2nnc3ccccc32)[C@@H](C(=O)NC2CCCCC2)c2ccc(O)c(O)c2)cc1. The number of nitrogens with zero attached hydrogens (tertiary/aromatic N) is 4. The fraction of sp³-hybridized carbons (Fsp3) is 0.310. The second kappa shape index (κ2) is 11.4.